The molecule has 1 atom stereocenters. The zero-order valence-electron chi connectivity index (χ0n) is 4.36. The molecule has 1 unspecified atom stereocenters. The van der Waals surface area contributed by atoms with Crippen molar-refractivity contribution in [2.45, 2.75) is 4.07 Å². The van der Waals surface area contributed by atoms with Crippen LogP contribution < -0.4 is 0 Å². The molecule has 2 N–H and O–H groups in total. The summed E-state index contributed by atoms with van der Waals surface area (Å²) in [6, 6.07) is 0. The highest BCUT2D eigenvalue weighted by Gasteiger charge is 2.49. The summed E-state index contributed by atoms with van der Waals surface area (Å²) in [6.45, 7) is -4.30. The van der Waals surface area contributed by atoms with Gasteiger partial charge in [-0.25, -0.2) is 4.79 Å². The van der Waals surface area contributed by atoms with Crippen molar-refractivity contribution in [3.8, 4) is 0 Å². The van der Waals surface area contributed by atoms with Gasteiger partial charge in [0, 0.05) is 0 Å². The smallest absolute Gasteiger partial charge is 0.351 e. The normalized spacial score (nSPS) is 18.0. The summed E-state index contributed by atoms with van der Waals surface area (Å²) in [4.78, 5) is 18.5. The molecule has 0 amide bonds. The lowest BCUT2D eigenvalue weighted by Gasteiger charge is -2.15. The van der Waals surface area contributed by atoms with Gasteiger partial charge < -0.3 is 10.00 Å². The number of carboxylic acids is 1. The Morgan fingerprint density at radius 1 is 1.60 bits per heavy atom. The summed E-state index contributed by atoms with van der Waals surface area (Å²) in [6.07, 6.45) is 0. The zero-order chi connectivity index (χ0) is 8.58. The minimum atomic E-state index is -4.30. The second-order valence-corrected chi connectivity index (χ2v) is 6.63. The molecule has 0 spiro atoms. The first-order chi connectivity index (χ1) is 4.19. The molecule has 0 aliphatic carbocycles. The molecule has 0 aromatic rings. The van der Waals surface area contributed by atoms with Crippen LogP contribution in [0.4, 0.5) is 0 Å². The Bertz CT molecular complexity index is 197. The van der Waals surface area contributed by atoms with Gasteiger partial charge in [-0.05, 0) is 0 Å². The number of hydrogen-bond acceptors (Lipinski definition) is 2. The van der Waals surface area contributed by atoms with Gasteiger partial charge in [0.2, 0.25) is 0 Å². The lowest BCUT2D eigenvalue weighted by Crippen LogP contribution is -2.23. The predicted octanol–water partition coefficient (Wildman–Crippen LogP) is 1.32. The van der Waals surface area contributed by atoms with Crippen molar-refractivity contribution in [3.05, 3.63) is 0 Å². The average molecular weight is 225 g/mol. The number of alkyl halides is 2. The molecule has 0 aromatic carbocycles. The van der Waals surface area contributed by atoms with Crippen LogP contribution >= 0.6 is 42.0 Å². The van der Waals surface area contributed by atoms with E-state index in [1.165, 1.54) is 0 Å². The molecule has 0 radical (unpaired) electrons. The van der Waals surface area contributed by atoms with Crippen molar-refractivity contribution in [2.75, 3.05) is 0 Å². The summed E-state index contributed by atoms with van der Waals surface area (Å²) >= 11 is 12.9. The van der Waals surface area contributed by atoms with E-state index in [1.54, 1.807) is 0 Å². The third-order valence-corrected chi connectivity index (χ3v) is 4.85. The zero-order valence-corrected chi connectivity index (χ0v) is 7.66. The van der Waals surface area contributed by atoms with Gasteiger partial charge in [0.25, 0.3) is 10.6 Å². The van der Waals surface area contributed by atoms with Crippen LogP contribution in [0, 0.1) is 0 Å². The Labute approximate surface area is 71.7 Å². The van der Waals surface area contributed by atoms with Crippen LogP contribution in [0.1, 0.15) is 0 Å². The molecule has 0 fully saturated rings. The Morgan fingerprint density at radius 2 is 1.90 bits per heavy atom. The molecule has 0 rings (SSSR count). The summed E-state index contributed by atoms with van der Waals surface area (Å²) < 4.78 is 7.73. The van der Waals surface area contributed by atoms with Crippen molar-refractivity contribution >= 4 is 48.0 Å². The number of carboxylic acid groups (broad SMARTS) is 1. The van der Waals surface area contributed by atoms with Gasteiger partial charge in [0.05, 0.1) is 0 Å². The van der Waals surface area contributed by atoms with Gasteiger partial charge in [0.15, 0.2) is 0 Å². The quantitative estimate of drug-likeness (QED) is 0.376. The van der Waals surface area contributed by atoms with E-state index >= 15 is 0 Å². The van der Waals surface area contributed by atoms with Gasteiger partial charge >= 0.3 is 5.97 Å². The fraction of sp³-hybridized carbons (Fsp3) is 0.500. The molecule has 0 saturated heterocycles. The lowest BCUT2D eigenvalue weighted by atomic mass is 10.8. The molecule has 8 heteroatoms. The van der Waals surface area contributed by atoms with Crippen molar-refractivity contribution in [1.29, 1.82) is 0 Å². The van der Waals surface area contributed by atoms with E-state index in [2.05, 4.69) is 12.2 Å². The summed E-state index contributed by atoms with van der Waals surface area (Å²) in [5, 5.41) is 8.13. The molecule has 0 aliphatic heterocycles. The molecule has 0 aliphatic rings. The first kappa shape index (κ1) is 10.6. The van der Waals surface area contributed by atoms with E-state index in [4.69, 9.17) is 33.2 Å². The fourth-order valence-corrected chi connectivity index (χ4v) is 0.630. The van der Waals surface area contributed by atoms with Crippen LogP contribution in [0.2, 0.25) is 0 Å². The number of rotatable bonds is 2. The topological polar surface area (TPSA) is 74.6 Å². The van der Waals surface area contributed by atoms with E-state index in [0.29, 0.717) is 0 Å². The third kappa shape index (κ3) is 2.04. The number of aliphatic carboxylic acids is 1. The summed E-state index contributed by atoms with van der Waals surface area (Å²) in [5.41, 5.74) is 0. The minimum absolute atomic E-state index is 1.79. The van der Waals surface area contributed by atoms with Crippen LogP contribution in [0.5, 0.6) is 0 Å². The van der Waals surface area contributed by atoms with E-state index in [-0.39, 0.29) is 0 Å². The number of thiol groups is 1. The van der Waals surface area contributed by atoms with E-state index in [1.807, 2.05) is 0 Å². The molecule has 0 bridgehead atoms. The molecule has 0 heterocycles. The fourth-order valence-electron chi connectivity index (χ4n) is 0.125. The third-order valence-electron chi connectivity index (χ3n) is 0.623. The van der Waals surface area contributed by atoms with Crippen molar-refractivity contribution in [1.82, 2.24) is 0 Å². The number of halogens is 2. The van der Waals surface area contributed by atoms with E-state index < -0.39 is 16.6 Å². The first-order valence-corrected chi connectivity index (χ1v) is 5.43. The van der Waals surface area contributed by atoms with Crippen LogP contribution in [-0.4, -0.2) is 20.0 Å². The highest BCUT2D eigenvalue weighted by molar-refractivity contribution is 8.47. The lowest BCUT2D eigenvalue weighted by molar-refractivity contribution is -0.136. The Kier molecular flexibility index (Phi) is 3.08. The molecule has 60 valence electrons. The van der Waals surface area contributed by atoms with Gasteiger partial charge in [-0.3, -0.25) is 4.57 Å². The maximum atomic E-state index is 10.5. The highest BCUT2D eigenvalue weighted by atomic mass is 35.5. The number of hydrogen-bond donors (Lipinski definition) is 3. The van der Waals surface area contributed by atoms with Gasteiger partial charge in [-0.15, -0.1) is 0 Å². The second-order valence-electron chi connectivity index (χ2n) is 1.39. The Morgan fingerprint density at radius 3 is 1.90 bits per heavy atom. The van der Waals surface area contributed by atoms with Gasteiger partial charge in [0.1, 0.15) is 0 Å². The van der Waals surface area contributed by atoms with Crippen LogP contribution in [-0.2, 0) is 9.36 Å². The molecular formula is C2H3Cl2O4PS. The molecule has 0 saturated carbocycles. The minimum Gasteiger partial charge on any atom is -0.479 e. The second kappa shape index (κ2) is 2.91. The largest absolute Gasteiger partial charge is 0.479 e. The number of carbonyl (C=O) groups is 1. The standard InChI is InChI=1S/C2H3Cl2O4PS/c3-2(4,1(5)6)9(7,8)10/h(H,5,6)(H2,7,8,10). The van der Waals surface area contributed by atoms with Crippen LogP contribution in [0.25, 0.3) is 0 Å². The van der Waals surface area contributed by atoms with Gasteiger partial charge in [-0.1, -0.05) is 35.5 Å². The molecule has 10 heavy (non-hydrogen) atoms. The maximum absolute atomic E-state index is 10.5. The summed E-state index contributed by atoms with van der Waals surface area (Å²) in [7, 11) is 0. The van der Waals surface area contributed by atoms with Crippen molar-refractivity contribution in [2.24, 2.45) is 0 Å². The van der Waals surface area contributed by atoms with Crippen LogP contribution in [0.3, 0.4) is 0 Å². The Balaban J connectivity index is 4.75. The van der Waals surface area contributed by atoms with E-state index in [0.717, 1.165) is 0 Å². The highest BCUT2D eigenvalue weighted by Crippen LogP contribution is 2.63. The molecular weight excluding hydrogens is 222 g/mol. The predicted molar refractivity (Wildman–Crippen MR) is 40.9 cm³/mol. The van der Waals surface area contributed by atoms with Crippen LogP contribution in [0.15, 0.2) is 0 Å². The molecule has 4 nitrogen and oxygen atoms in total. The SMILES string of the molecule is O=C(O)C(Cl)(Cl)P(=O)(O)S. The van der Waals surface area contributed by atoms with Gasteiger partial charge in [-0.2, -0.15) is 0 Å². The average Bonchev–Trinajstić information content (AvgIpc) is 1.62. The Hall–Kier alpha value is 0.590. The monoisotopic (exact) mass is 224 g/mol. The van der Waals surface area contributed by atoms with Crippen molar-refractivity contribution < 1.29 is 19.4 Å². The van der Waals surface area contributed by atoms with E-state index in [9.17, 15) is 9.36 Å². The van der Waals surface area contributed by atoms with Crippen molar-refractivity contribution in [3.63, 3.8) is 0 Å². The maximum Gasteiger partial charge on any atom is 0.351 e. The first-order valence-electron chi connectivity index (χ1n) is 1.86. The summed E-state index contributed by atoms with van der Waals surface area (Å²) in [5.74, 6) is -1.79. The molecule has 0 aromatic heterocycles.